The highest BCUT2D eigenvalue weighted by Crippen LogP contribution is 2.42. The summed E-state index contributed by atoms with van der Waals surface area (Å²) >= 11 is 0. The fourth-order valence-corrected chi connectivity index (χ4v) is 6.86. The lowest BCUT2D eigenvalue weighted by atomic mass is 9.73. The maximum Gasteiger partial charge on any atom is 0.0283 e. The standard InChI is InChI=1S/C23H40N2/c1-3-24-16-15-19(21-10-6-8-12-23(21)24)17-20-14-13-18-9-5-7-11-22(18)25(20)4-2/h17-18,20-23H,3-16H2,1-2H3/b19-17-. The van der Waals surface area contributed by atoms with Crippen molar-refractivity contribution in [2.24, 2.45) is 11.8 Å². The van der Waals surface area contributed by atoms with Crippen LogP contribution in [0.25, 0.3) is 0 Å². The summed E-state index contributed by atoms with van der Waals surface area (Å²) in [4.78, 5) is 5.70. The molecule has 2 heterocycles. The molecule has 5 unspecified atom stereocenters. The molecule has 2 aliphatic carbocycles. The van der Waals surface area contributed by atoms with E-state index in [1.165, 1.54) is 90.3 Å². The van der Waals surface area contributed by atoms with E-state index in [0.29, 0.717) is 0 Å². The average molecular weight is 345 g/mol. The van der Waals surface area contributed by atoms with Crippen LogP contribution < -0.4 is 0 Å². The van der Waals surface area contributed by atoms with E-state index >= 15 is 0 Å². The Bertz CT molecular complexity index is 471. The van der Waals surface area contributed by atoms with Crippen molar-refractivity contribution < 1.29 is 0 Å². The SMILES string of the molecule is CCN1CC/C(=C/C2CCC3CCCCC3N2CC)C2CCCCC21. The van der Waals surface area contributed by atoms with Crippen molar-refractivity contribution in [2.75, 3.05) is 19.6 Å². The minimum Gasteiger partial charge on any atom is -0.300 e. The molecule has 0 bridgehead atoms. The number of nitrogens with zero attached hydrogens (tertiary/aromatic N) is 2. The van der Waals surface area contributed by atoms with Crippen LogP contribution in [0.15, 0.2) is 11.6 Å². The van der Waals surface area contributed by atoms with E-state index < -0.39 is 0 Å². The molecule has 4 fully saturated rings. The Morgan fingerprint density at radius 1 is 0.840 bits per heavy atom. The van der Waals surface area contributed by atoms with Crippen LogP contribution in [-0.2, 0) is 0 Å². The fraction of sp³-hybridized carbons (Fsp3) is 0.913. The summed E-state index contributed by atoms with van der Waals surface area (Å²) in [6, 6.07) is 2.50. The van der Waals surface area contributed by atoms with Crippen LogP contribution in [0.5, 0.6) is 0 Å². The molecule has 0 spiro atoms. The first-order valence-electron chi connectivity index (χ1n) is 11.5. The van der Waals surface area contributed by atoms with Gasteiger partial charge in [0.15, 0.2) is 0 Å². The van der Waals surface area contributed by atoms with E-state index in [1.54, 1.807) is 0 Å². The van der Waals surface area contributed by atoms with Crippen molar-refractivity contribution in [2.45, 2.75) is 103 Å². The van der Waals surface area contributed by atoms with Crippen molar-refractivity contribution in [1.29, 1.82) is 0 Å². The molecule has 0 aromatic rings. The van der Waals surface area contributed by atoms with Crippen molar-refractivity contribution in [3.63, 3.8) is 0 Å². The molecule has 4 rings (SSSR count). The molecular formula is C23H40N2. The van der Waals surface area contributed by atoms with E-state index in [0.717, 1.165) is 30.0 Å². The fourth-order valence-electron chi connectivity index (χ4n) is 6.86. The van der Waals surface area contributed by atoms with E-state index in [1.807, 2.05) is 5.57 Å². The molecule has 0 N–H and O–H groups in total. The van der Waals surface area contributed by atoms with Gasteiger partial charge in [-0.05, 0) is 69.9 Å². The second-order valence-corrected chi connectivity index (χ2v) is 9.17. The molecular weight excluding hydrogens is 304 g/mol. The molecule has 5 atom stereocenters. The van der Waals surface area contributed by atoms with Crippen molar-refractivity contribution in [3.05, 3.63) is 11.6 Å². The van der Waals surface area contributed by atoms with Gasteiger partial charge in [-0.1, -0.05) is 51.2 Å². The number of fused-ring (bicyclic) bond motifs is 2. The Hall–Kier alpha value is -0.340. The second kappa shape index (κ2) is 8.13. The zero-order chi connectivity index (χ0) is 17.2. The number of hydrogen-bond acceptors (Lipinski definition) is 2. The maximum absolute atomic E-state index is 2.91. The number of hydrogen-bond donors (Lipinski definition) is 0. The Morgan fingerprint density at radius 3 is 2.40 bits per heavy atom. The Labute approximate surface area is 156 Å². The molecule has 0 aromatic carbocycles. The lowest BCUT2D eigenvalue weighted by molar-refractivity contribution is 0.0356. The van der Waals surface area contributed by atoms with Crippen LogP contribution in [-0.4, -0.2) is 47.6 Å². The van der Waals surface area contributed by atoms with Crippen LogP contribution in [0.4, 0.5) is 0 Å². The van der Waals surface area contributed by atoms with Gasteiger partial charge in [0.2, 0.25) is 0 Å². The van der Waals surface area contributed by atoms with Crippen molar-refractivity contribution in [1.82, 2.24) is 9.80 Å². The molecule has 2 nitrogen and oxygen atoms in total. The third-order valence-electron chi connectivity index (χ3n) is 8.09. The zero-order valence-electron chi connectivity index (χ0n) is 16.8. The molecule has 0 amide bonds. The van der Waals surface area contributed by atoms with Crippen LogP contribution in [0.3, 0.4) is 0 Å². The maximum atomic E-state index is 2.91. The summed E-state index contributed by atoms with van der Waals surface area (Å²) in [6.45, 7) is 8.59. The summed E-state index contributed by atoms with van der Waals surface area (Å²) in [6.07, 6.45) is 18.8. The highest BCUT2D eigenvalue weighted by molar-refractivity contribution is 5.18. The molecule has 0 radical (unpaired) electrons. The molecule has 2 heteroatoms. The topological polar surface area (TPSA) is 6.48 Å². The molecule has 2 saturated heterocycles. The molecule has 2 aliphatic heterocycles. The van der Waals surface area contributed by atoms with Gasteiger partial charge in [0, 0.05) is 24.7 Å². The quantitative estimate of drug-likeness (QED) is 0.646. The van der Waals surface area contributed by atoms with E-state index in [-0.39, 0.29) is 0 Å². The monoisotopic (exact) mass is 344 g/mol. The summed E-state index contributed by atoms with van der Waals surface area (Å²) in [5.41, 5.74) is 1.85. The van der Waals surface area contributed by atoms with Gasteiger partial charge in [0.05, 0.1) is 0 Å². The summed E-state index contributed by atoms with van der Waals surface area (Å²) in [5, 5.41) is 0. The van der Waals surface area contributed by atoms with Gasteiger partial charge in [-0.3, -0.25) is 9.80 Å². The highest BCUT2D eigenvalue weighted by atomic mass is 15.2. The minimum absolute atomic E-state index is 0.745. The first-order valence-corrected chi connectivity index (χ1v) is 11.5. The lowest BCUT2D eigenvalue weighted by Gasteiger charge is -2.49. The largest absolute Gasteiger partial charge is 0.300 e. The van der Waals surface area contributed by atoms with Gasteiger partial charge in [-0.25, -0.2) is 0 Å². The Kier molecular flexibility index (Phi) is 5.87. The lowest BCUT2D eigenvalue weighted by Crippen LogP contribution is -2.52. The minimum atomic E-state index is 0.745. The van der Waals surface area contributed by atoms with E-state index in [9.17, 15) is 0 Å². The number of rotatable bonds is 3. The normalized spacial score (nSPS) is 42.2. The van der Waals surface area contributed by atoms with Gasteiger partial charge >= 0.3 is 0 Å². The van der Waals surface area contributed by atoms with Crippen LogP contribution >= 0.6 is 0 Å². The van der Waals surface area contributed by atoms with Crippen molar-refractivity contribution in [3.8, 4) is 0 Å². The predicted molar refractivity (Wildman–Crippen MR) is 107 cm³/mol. The van der Waals surface area contributed by atoms with Gasteiger partial charge < -0.3 is 0 Å². The number of piperidine rings is 2. The highest BCUT2D eigenvalue weighted by Gasteiger charge is 2.39. The smallest absolute Gasteiger partial charge is 0.0283 e. The average Bonchev–Trinajstić information content (AvgIpc) is 2.68. The number of likely N-dealkylation sites (N-methyl/N-ethyl adjacent to an activating group) is 1. The summed E-state index contributed by atoms with van der Waals surface area (Å²) in [5.74, 6) is 1.89. The predicted octanol–water partition coefficient (Wildman–Crippen LogP) is 5.24. The van der Waals surface area contributed by atoms with Gasteiger partial charge in [-0.15, -0.1) is 0 Å². The molecule has 2 saturated carbocycles. The van der Waals surface area contributed by atoms with Crippen LogP contribution in [0.1, 0.15) is 84.5 Å². The number of likely N-dealkylation sites (tertiary alicyclic amines) is 2. The van der Waals surface area contributed by atoms with E-state index in [4.69, 9.17) is 0 Å². The van der Waals surface area contributed by atoms with Gasteiger partial charge in [0.1, 0.15) is 0 Å². The Balaban J connectivity index is 1.52. The first-order chi connectivity index (χ1) is 12.3. The second-order valence-electron chi connectivity index (χ2n) is 9.17. The molecule has 142 valence electrons. The van der Waals surface area contributed by atoms with Crippen LogP contribution in [0, 0.1) is 11.8 Å². The van der Waals surface area contributed by atoms with Gasteiger partial charge in [-0.2, -0.15) is 0 Å². The third-order valence-corrected chi connectivity index (χ3v) is 8.09. The van der Waals surface area contributed by atoms with E-state index in [2.05, 4.69) is 29.7 Å². The third kappa shape index (κ3) is 3.58. The Morgan fingerprint density at radius 2 is 1.60 bits per heavy atom. The first kappa shape index (κ1) is 18.0. The summed E-state index contributed by atoms with van der Waals surface area (Å²) in [7, 11) is 0. The summed E-state index contributed by atoms with van der Waals surface area (Å²) < 4.78 is 0. The van der Waals surface area contributed by atoms with Gasteiger partial charge in [0.25, 0.3) is 0 Å². The molecule has 0 aromatic heterocycles. The van der Waals surface area contributed by atoms with Crippen LogP contribution in [0.2, 0.25) is 0 Å². The zero-order valence-corrected chi connectivity index (χ0v) is 16.8. The molecule has 25 heavy (non-hydrogen) atoms. The molecule has 4 aliphatic rings. The van der Waals surface area contributed by atoms with Crippen molar-refractivity contribution >= 4 is 0 Å².